The molecule has 1 aromatic carbocycles. The van der Waals surface area contributed by atoms with Crippen LogP contribution in [-0.4, -0.2) is 31.7 Å². The summed E-state index contributed by atoms with van der Waals surface area (Å²) in [5, 5.41) is 3.23. The molecule has 2 saturated heterocycles. The fourth-order valence-corrected chi connectivity index (χ4v) is 4.57. The molecule has 6 heteroatoms. The molecule has 23 heavy (non-hydrogen) atoms. The summed E-state index contributed by atoms with van der Waals surface area (Å²) in [7, 11) is 0. The largest absolute Gasteiger partial charge is 0.454 e. The highest BCUT2D eigenvalue weighted by molar-refractivity contribution is 5.80. The van der Waals surface area contributed by atoms with Gasteiger partial charge in [0.15, 0.2) is 17.3 Å². The molecule has 1 saturated carbocycles. The van der Waals surface area contributed by atoms with Gasteiger partial charge in [0.2, 0.25) is 12.7 Å². The second-order valence-electron chi connectivity index (χ2n) is 6.81. The predicted molar refractivity (Wildman–Crippen MR) is 79.0 cm³/mol. The van der Waals surface area contributed by atoms with Crippen LogP contribution in [0, 0.1) is 5.92 Å². The number of hydrogen-bond donors (Lipinski definition) is 1. The molecule has 2 atom stereocenters. The molecule has 4 aliphatic rings. The van der Waals surface area contributed by atoms with Gasteiger partial charge >= 0.3 is 0 Å². The summed E-state index contributed by atoms with van der Waals surface area (Å²) in [6, 6.07) is 5.95. The molecule has 1 amide bonds. The summed E-state index contributed by atoms with van der Waals surface area (Å²) in [5.41, 5.74) is 0.608. The number of benzene rings is 1. The zero-order valence-electron chi connectivity index (χ0n) is 12.8. The first kappa shape index (κ1) is 13.6. The highest BCUT2D eigenvalue weighted by Gasteiger charge is 2.58. The quantitative estimate of drug-likeness (QED) is 0.853. The van der Waals surface area contributed by atoms with Crippen molar-refractivity contribution in [3.05, 3.63) is 23.8 Å². The maximum Gasteiger partial charge on any atom is 0.231 e. The molecule has 1 aromatic rings. The molecule has 0 unspecified atom stereocenters. The van der Waals surface area contributed by atoms with Crippen LogP contribution in [-0.2, 0) is 19.8 Å². The summed E-state index contributed by atoms with van der Waals surface area (Å²) in [4.78, 5) is 12.2. The van der Waals surface area contributed by atoms with Crippen molar-refractivity contribution < 1.29 is 23.7 Å². The van der Waals surface area contributed by atoms with E-state index < -0.39 is 11.3 Å². The van der Waals surface area contributed by atoms with E-state index >= 15 is 0 Å². The molecular weight excluding hydrogens is 298 g/mol. The van der Waals surface area contributed by atoms with Gasteiger partial charge in [-0.3, -0.25) is 4.79 Å². The lowest BCUT2D eigenvalue weighted by Crippen LogP contribution is -2.53. The summed E-state index contributed by atoms with van der Waals surface area (Å²) in [5.74, 6) is 1.29. The number of hydrogen-bond acceptors (Lipinski definition) is 5. The molecule has 1 N–H and O–H groups in total. The summed E-state index contributed by atoms with van der Waals surface area (Å²) < 4.78 is 22.8. The van der Waals surface area contributed by atoms with Crippen molar-refractivity contribution in [3.63, 3.8) is 0 Å². The van der Waals surface area contributed by atoms with Gasteiger partial charge in [-0.15, -0.1) is 0 Å². The number of nitrogens with one attached hydrogen (secondary N) is 1. The second-order valence-corrected chi connectivity index (χ2v) is 6.81. The van der Waals surface area contributed by atoms with Gasteiger partial charge in [-0.25, -0.2) is 0 Å². The van der Waals surface area contributed by atoms with E-state index in [4.69, 9.17) is 18.9 Å². The summed E-state index contributed by atoms with van der Waals surface area (Å²) in [6.45, 7) is 1.49. The average molecular weight is 317 g/mol. The Labute approximate surface area is 134 Å². The maximum atomic E-state index is 12.2. The van der Waals surface area contributed by atoms with Gasteiger partial charge in [0.05, 0.1) is 18.8 Å². The Bertz CT molecular complexity index is 669. The molecule has 1 spiro atoms. The fraction of sp³-hybridized carbons (Fsp3) is 0.588. The van der Waals surface area contributed by atoms with Crippen LogP contribution in [0.25, 0.3) is 0 Å². The highest BCUT2D eigenvalue weighted by atomic mass is 16.7. The second kappa shape index (κ2) is 4.61. The molecule has 0 radical (unpaired) electrons. The molecular formula is C17H19NO5. The number of amides is 1. The Hall–Kier alpha value is -1.79. The van der Waals surface area contributed by atoms with Crippen LogP contribution >= 0.6 is 0 Å². The molecule has 6 nitrogen and oxygen atoms in total. The van der Waals surface area contributed by atoms with Crippen LogP contribution in [0.2, 0.25) is 0 Å². The lowest BCUT2D eigenvalue weighted by molar-refractivity contribution is -0.200. The van der Waals surface area contributed by atoms with Crippen molar-refractivity contribution >= 4 is 5.91 Å². The van der Waals surface area contributed by atoms with E-state index in [9.17, 15) is 4.79 Å². The van der Waals surface area contributed by atoms with Gasteiger partial charge in [0.25, 0.3) is 0 Å². The summed E-state index contributed by atoms with van der Waals surface area (Å²) >= 11 is 0. The van der Waals surface area contributed by atoms with Gasteiger partial charge in [0.1, 0.15) is 0 Å². The molecule has 3 heterocycles. The van der Waals surface area contributed by atoms with Crippen molar-refractivity contribution in [2.45, 2.75) is 37.0 Å². The van der Waals surface area contributed by atoms with Crippen LogP contribution in [0.15, 0.2) is 18.2 Å². The first-order valence-corrected chi connectivity index (χ1v) is 8.18. The zero-order chi connectivity index (χ0) is 15.5. The van der Waals surface area contributed by atoms with Crippen LogP contribution in [0.1, 0.15) is 31.2 Å². The Morgan fingerprint density at radius 1 is 1.13 bits per heavy atom. The van der Waals surface area contributed by atoms with E-state index in [-0.39, 0.29) is 18.6 Å². The van der Waals surface area contributed by atoms with E-state index in [1.807, 2.05) is 18.2 Å². The van der Waals surface area contributed by atoms with Crippen molar-refractivity contribution in [3.8, 4) is 11.5 Å². The molecule has 1 aliphatic carbocycles. The molecule has 3 fully saturated rings. The fourth-order valence-electron chi connectivity index (χ4n) is 4.57. The van der Waals surface area contributed by atoms with E-state index in [2.05, 4.69) is 5.32 Å². The van der Waals surface area contributed by atoms with E-state index in [1.54, 1.807) is 0 Å². The standard InChI is InChI=1S/C17H19NO5/c19-15-8-12-3-4-16(22-5-6-23-16)9-17(12,18-15)11-1-2-13-14(7-11)21-10-20-13/h1-2,7,12H,3-6,8-10H2,(H,18,19)/t12-,17+/m1/s1. The van der Waals surface area contributed by atoms with Crippen molar-refractivity contribution in [1.29, 1.82) is 0 Å². The van der Waals surface area contributed by atoms with Crippen LogP contribution in [0.5, 0.6) is 11.5 Å². The Morgan fingerprint density at radius 2 is 1.96 bits per heavy atom. The molecule has 0 bridgehead atoms. The number of rotatable bonds is 1. The van der Waals surface area contributed by atoms with Crippen LogP contribution in [0.3, 0.4) is 0 Å². The van der Waals surface area contributed by atoms with E-state index in [1.165, 1.54) is 0 Å². The van der Waals surface area contributed by atoms with Gasteiger partial charge in [0, 0.05) is 19.3 Å². The van der Waals surface area contributed by atoms with Crippen LogP contribution in [0.4, 0.5) is 0 Å². The average Bonchev–Trinajstić information content (AvgIpc) is 3.25. The SMILES string of the molecule is O=C1C[C@H]2CCC3(C[C@@]2(c2ccc4c(c2)OCO4)N1)OCCO3. The smallest absolute Gasteiger partial charge is 0.231 e. The maximum absolute atomic E-state index is 12.2. The molecule has 122 valence electrons. The van der Waals surface area contributed by atoms with Gasteiger partial charge in [-0.05, 0) is 30.0 Å². The number of ether oxygens (including phenoxy) is 4. The molecule has 3 aliphatic heterocycles. The normalized spacial score (nSPS) is 33.7. The Balaban J connectivity index is 1.59. The van der Waals surface area contributed by atoms with Crippen molar-refractivity contribution in [1.82, 2.24) is 5.32 Å². The van der Waals surface area contributed by atoms with Crippen molar-refractivity contribution in [2.24, 2.45) is 5.92 Å². The summed E-state index contributed by atoms with van der Waals surface area (Å²) in [6.07, 6.45) is 2.96. The topological polar surface area (TPSA) is 66.0 Å². The third-order valence-corrected chi connectivity index (χ3v) is 5.61. The van der Waals surface area contributed by atoms with Gasteiger partial charge < -0.3 is 24.3 Å². The van der Waals surface area contributed by atoms with Gasteiger partial charge in [-0.1, -0.05) is 6.07 Å². The monoisotopic (exact) mass is 317 g/mol. The predicted octanol–water partition coefficient (Wildman–Crippen LogP) is 1.67. The first-order valence-electron chi connectivity index (χ1n) is 8.18. The molecule has 5 rings (SSSR count). The van der Waals surface area contributed by atoms with E-state index in [0.717, 1.165) is 29.9 Å². The highest BCUT2D eigenvalue weighted by Crippen LogP contribution is 2.53. The lowest BCUT2D eigenvalue weighted by Gasteiger charge is -2.46. The number of carbonyl (C=O) groups is 1. The lowest BCUT2D eigenvalue weighted by atomic mass is 9.67. The molecule has 0 aromatic heterocycles. The first-order chi connectivity index (χ1) is 11.2. The number of fused-ring (bicyclic) bond motifs is 2. The Morgan fingerprint density at radius 3 is 2.83 bits per heavy atom. The third kappa shape index (κ3) is 1.91. The van der Waals surface area contributed by atoms with Crippen molar-refractivity contribution in [2.75, 3.05) is 20.0 Å². The minimum atomic E-state index is -0.565. The van der Waals surface area contributed by atoms with Gasteiger partial charge in [-0.2, -0.15) is 0 Å². The number of carbonyl (C=O) groups excluding carboxylic acids is 1. The minimum Gasteiger partial charge on any atom is -0.454 e. The third-order valence-electron chi connectivity index (χ3n) is 5.61. The Kier molecular flexibility index (Phi) is 2.73. The minimum absolute atomic E-state index is 0.0997. The van der Waals surface area contributed by atoms with E-state index in [0.29, 0.717) is 26.1 Å². The zero-order valence-corrected chi connectivity index (χ0v) is 12.8. The van der Waals surface area contributed by atoms with Crippen LogP contribution < -0.4 is 14.8 Å².